The van der Waals surface area contributed by atoms with Gasteiger partial charge in [0.1, 0.15) is 0 Å². The molecule has 0 unspecified atom stereocenters. The van der Waals surface area contributed by atoms with Gasteiger partial charge in [-0.15, -0.1) is 0 Å². The largest absolute Gasteiger partial charge is 0.310 e. The first kappa shape index (κ1) is 13.0. The summed E-state index contributed by atoms with van der Waals surface area (Å²) in [6, 6.07) is 0.624. The molecule has 1 heteroatoms. The molecule has 1 N–H and O–H groups in total. The average Bonchev–Trinajstić information content (AvgIpc) is 1.78. The Morgan fingerprint density at radius 3 is 1.77 bits per heavy atom. The third kappa shape index (κ3) is 9.88. The molecule has 80 valence electrons. The lowest BCUT2D eigenvalue weighted by atomic mass is 9.88. The summed E-state index contributed by atoms with van der Waals surface area (Å²) in [4.78, 5) is 0. The summed E-state index contributed by atoms with van der Waals surface area (Å²) in [5.74, 6) is 0. The van der Waals surface area contributed by atoms with Crippen LogP contribution in [0.1, 0.15) is 61.3 Å². The minimum atomic E-state index is 0.247. The Morgan fingerprint density at radius 1 is 1.00 bits per heavy atom. The van der Waals surface area contributed by atoms with Crippen molar-refractivity contribution in [2.75, 3.05) is 0 Å². The van der Waals surface area contributed by atoms with Crippen LogP contribution in [-0.2, 0) is 0 Å². The fraction of sp³-hybridized carbons (Fsp3) is 1.00. The molecule has 0 bridgehead atoms. The maximum atomic E-state index is 3.59. The molecule has 13 heavy (non-hydrogen) atoms. The van der Waals surface area contributed by atoms with Crippen LogP contribution in [0.5, 0.6) is 0 Å². The van der Waals surface area contributed by atoms with Crippen molar-refractivity contribution in [3.63, 3.8) is 0 Å². The van der Waals surface area contributed by atoms with Gasteiger partial charge in [0.25, 0.3) is 0 Å². The number of rotatable bonds is 3. The summed E-state index contributed by atoms with van der Waals surface area (Å²) >= 11 is 0. The van der Waals surface area contributed by atoms with E-state index in [-0.39, 0.29) is 5.54 Å². The highest BCUT2D eigenvalue weighted by Gasteiger charge is 2.16. The van der Waals surface area contributed by atoms with Gasteiger partial charge in [0.15, 0.2) is 0 Å². The summed E-state index contributed by atoms with van der Waals surface area (Å²) in [5, 5.41) is 3.59. The lowest BCUT2D eigenvalue weighted by Gasteiger charge is -2.28. The first-order valence-electron chi connectivity index (χ1n) is 5.38. The molecule has 1 nitrogen and oxygen atoms in total. The first-order chi connectivity index (χ1) is 5.60. The quantitative estimate of drug-likeness (QED) is 0.708. The van der Waals surface area contributed by atoms with Crippen molar-refractivity contribution < 1.29 is 0 Å². The van der Waals surface area contributed by atoms with Crippen molar-refractivity contribution in [1.29, 1.82) is 0 Å². The molecular weight excluding hydrogens is 158 g/mol. The van der Waals surface area contributed by atoms with E-state index in [1.165, 1.54) is 12.8 Å². The van der Waals surface area contributed by atoms with Crippen LogP contribution in [0.15, 0.2) is 0 Å². The van der Waals surface area contributed by atoms with Crippen LogP contribution in [0.3, 0.4) is 0 Å². The predicted octanol–water partition coefficient (Wildman–Crippen LogP) is 3.59. The van der Waals surface area contributed by atoms with Gasteiger partial charge in [-0.2, -0.15) is 0 Å². The van der Waals surface area contributed by atoms with E-state index in [0.29, 0.717) is 11.5 Å². The van der Waals surface area contributed by atoms with E-state index >= 15 is 0 Å². The molecule has 0 aliphatic heterocycles. The molecule has 0 spiro atoms. The molecule has 0 rings (SSSR count). The topological polar surface area (TPSA) is 12.0 Å². The standard InChI is InChI=1S/C12H27N/c1-10(13-12(5,6)7)8-9-11(2,3)4/h10,13H,8-9H2,1-7H3/t10-/m0/s1. The van der Waals surface area contributed by atoms with Gasteiger partial charge in [-0.05, 0) is 46.0 Å². The zero-order valence-electron chi connectivity index (χ0n) is 10.5. The number of nitrogens with one attached hydrogen (secondary N) is 1. The Kier molecular flexibility index (Phi) is 4.44. The third-order valence-electron chi connectivity index (χ3n) is 2.01. The van der Waals surface area contributed by atoms with Crippen LogP contribution >= 0.6 is 0 Å². The second-order valence-corrected chi connectivity index (χ2v) is 6.39. The van der Waals surface area contributed by atoms with Crippen molar-refractivity contribution in [2.45, 2.75) is 72.9 Å². The minimum Gasteiger partial charge on any atom is -0.310 e. The van der Waals surface area contributed by atoms with E-state index in [1.54, 1.807) is 0 Å². The van der Waals surface area contributed by atoms with Gasteiger partial charge in [0.2, 0.25) is 0 Å². The smallest absolute Gasteiger partial charge is 0.00989 e. The van der Waals surface area contributed by atoms with E-state index in [4.69, 9.17) is 0 Å². The summed E-state index contributed by atoms with van der Waals surface area (Å²) in [6.45, 7) is 15.9. The Hall–Kier alpha value is -0.0400. The van der Waals surface area contributed by atoms with Crippen LogP contribution in [-0.4, -0.2) is 11.6 Å². The summed E-state index contributed by atoms with van der Waals surface area (Å²) < 4.78 is 0. The van der Waals surface area contributed by atoms with Crippen LogP contribution in [0.25, 0.3) is 0 Å². The van der Waals surface area contributed by atoms with Crippen molar-refractivity contribution in [3.8, 4) is 0 Å². The lowest BCUT2D eigenvalue weighted by Crippen LogP contribution is -2.42. The van der Waals surface area contributed by atoms with Gasteiger partial charge in [0, 0.05) is 11.6 Å². The van der Waals surface area contributed by atoms with Crippen LogP contribution in [0.4, 0.5) is 0 Å². The second kappa shape index (κ2) is 4.45. The van der Waals surface area contributed by atoms with E-state index < -0.39 is 0 Å². The maximum Gasteiger partial charge on any atom is 0.00989 e. The SMILES string of the molecule is C[C@@H](CCC(C)(C)C)NC(C)(C)C. The normalized spacial score (nSPS) is 15.9. The van der Waals surface area contributed by atoms with Gasteiger partial charge in [-0.1, -0.05) is 20.8 Å². The Morgan fingerprint density at radius 2 is 1.46 bits per heavy atom. The van der Waals surface area contributed by atoms with E-state index in [9.17, 15) is 0 Å². The maximum absolute atomic E-state index is 3.59. The van der Waals surface area contributed by atoms with Crippen molar-refractivity contribution in [3.05, 3.63) is 0 Å². The molecule has 0 amide bonds. The van der Waals surface area contributed by atoms with Gasteiger partial charge in [0.05, 0.1) is 0 Å². The number of hydrogen-bond acceptors (Lipinski definition) is 1. The zero-order chi connectivity index (χ0) is 10.7. The van der Waals surface area contributed by atoms with Crippen LogP contribution in [0.2, 0.25) is 0 Å². The minimum absolute atomic E-state index is 0.247. The molecule has 0 aliphatic rings. The summed E-state index contributed by atoms with van der Waals surface area (Å²) in [5.41, 5.74) is 0.713. The Balaban J connectivity index is 3.70. The van der Waals surface area contributed by atoms with E-state index in [1.807, 2.05) is 0 Å². The highest BCUT2D eigenvalue weighted by Crippen LogP contribution is 2.21. The molecular formula is C12H27N. The fourth-order valence-corrected chi connectivity index (χ4v) is 1.46. The summed E-state index contributed by atoms with van der Waals surface area (Å²) in [7, 11) is 0. The van der Waals surface area contributed by atoms with Crippen molar-refractivity contribution >= 4 is 0 Å². The summed E-state index contributed by atoms with van der Waals surface area (Å²) in [6.07, 6.45) is 2.55. The molecule has 0 fully saturated rings. The molecule has 0 heterocycles. The highest BCUT2D eigenvalue weighted by atomic mass is 15.0. The van der Waals surface area contributed by atoms with E-state index in [2.05, 4.69) is 53.8 Å². The molecule has 0 aromatic carbocycles. The van der Waals surface area contributed by atoms with Gasteiger partial charge < -0.3 is 5.32 Å². The Bertz CT molecular complexity index is 136. The highest BCUT2D eigenvalue weighted by molar-refractivity contribution is 4.76. The molecule has 0 aromatic rings. The van der Waals surface area contributed by atoms with Gasteiger partial charge in [-0.25, -0.2) is 0 Å². The van der Waals surface area contributed by atoms with Crippen molar-refractivity contribution in [1.82, 2.24) is 5.32 Å². The second-order valence-electron chi connectivity index (χ2n) is 6.39. The monoisotopic (exact) mass is 185 g/mol. The Labute approximate surface area is 84.3 Å². The van der Waals surface area contributed by atoms with E-state index in [0.717, 1.165) is 0 Å². The molecule has 0 aromatic heterocycles. The molecule has 0 aliphatic carbocycles. The average molecular weight is 185 g/mol. The predicted molar refractivity (Wildman–Crippen MR) is 61.0 cm³/mol. The molecule has 0 saturated heterocycles. The molecule has 0 saturated carbocycles. The van der Waals surface area contributed by atoms with Gasteiger partial charge >= 0.3 is 0 Å². The van der Waals surface area contributed by atoms with Crippen LogP contribution in [0, 0.1) is 5.41 Å². The molecule has 0 radical (unpaired) electrons. The van der Waals surface area contributed by atoms with Crippen molar-refractivity contribution in [2.24, 2.45) is 5.41 Å². The third-order valence-corrected chi connectivity index (χ3v) is 2.01. The zero-order valence-corrected chi connectivity index (χ0v) is 10.5. The van der Waals surface area contributed by atoms with Gasteiger partial charge in [-0.3, -0.25) is 0 Å². The first-order valence-corrected chi connectivity index (χ1v) is 5.38. The fourth-order valence-electron chi connectivity index (χ4n) is 1.46. The number of hydrogen-bond donors (Lipinski definition) is 1. The lowest BCUT2D eigenvalue weighted by molar-refractivity contribution is 0.301. The molecule has 1 atom stereocenters. The van der Waals surface area contributed by atoms with Crippen LogP contribution < -0.4 is 5.32 Å².